The lowest BCUT2D eigenvalue weighted by Gasteiger charge is -2.03. The number of rotatable bonds is 2. The Morgan fingerprint density at radius 2 is 2.14 bits per heavy atom. The topological polar surface area (TPSA) is 64.7 Å². The van der Waals surface area contributed by atoms with E-state index in [9.17, 15) is 4.79 Å². The maximum atomic E-state index is 10.7. The van der Waals surface area contributed by atoms with Gasteiger partial charge in [-0.25, -0.2) is 0 Å². The minimum absolute atomic E-state index is 0.195. The molecule has 0 unspecified atom stereocenters. The maximum Gasteiger partial charge on any atom is 0.150 e. The Kier molecular flexibility index (Phi) is 2.99. The highest BCUT2D eigenvalue weighted by molar-refractivity contribution is 5.78. The number of nitriles is 2. The van der Waals surface area contributed by atoms with Gasteiger partial charge in [0.25, 0.3) is 0 Å². The predicted octanol–water partition coefficient (Wildman–Crippen LogP) is 1.75. The summed E-state index contributed by atoms with van der Waals surface area (Å²) in [6.07, 6.45) is 0.869. The summed E-state index contributed by atoms with van der Waals surface area (Å²) in [5.74, 6) is 0. The zero-order valence-corrected chi connectivity index (χ0v) is 7.74. The number of aryl methyl sites for hydroxylation is 1. The fourth-order valence-corrected chi connectivity index (χ4v) is 1.25. The third-order valence-corrected chi connectivity index (χ3v) is 2.00. The first-order valence-corrected chi connectivity index (χ1v) is 4.08. The van der Waals surface area contributed by atoms with E-state index in [-0.39, 0.29) is 6.42 Å². The molecule has 3 heteroatoms. The fourth-order valence-electron chi connectivity index (χ4n) is 1.25. The minimum Gasteiger partial charge on any atom is -0.298 e. The molecule has 68 valence electrons. The molecule has 0 spiro atoms. The van der Waals surface area contributed by atoms with Crippen molar-refractivity contribution in [3.63, 3.8) is 0 Å². The predicted molar refractivity (Wildman–Crippen MR) is 50.6 cm³/mol. The lowest BCUT2D eigenvalue weighted by atomic mass is 9.99. The minimum atomic E-state index is 0.195. The van der Waals surface area contributed by atoms with Gasteiger partial charge in [0, 0.05) is 5.56 Å². The monoisotopic (exact) mass is 184 g/mol. The van der Waals surface area contributed by atoms with Crippen LogP contribution in [0.2, 0.25) is 0 Å². The van der Waals surface area contributed by atoms with Crippen LogP contribution in [-0.4, -0.2) is 6.29 Å². The largest absolute Gasteiger partial charge is 0.298 e. The third-order valence-electron chi connectivity index (χ3n) is 2.00. The highest BCUT2D eigenvalue weighted by Gasteiger charge is 2.05. The molecule has 0 fully saturated rings. The van der Waals surface area contributed by atoms with Crippen LogP contribution in [0.1, 0.15) is 27.0 Å². The molecule has 0 radical (unpaired) electrons. The average molecular weight is 184 g/mol. The lowest BCUT2D eigenvalue weighted by Crippen LogP contribution is -1.95. The van der Waals surface area contributed by atoms with E-state index in [0.29, 0.717) is 23.0 Å². The molecule has 0 saturated carbocycles. The van der Waals surface area contributed by atoms with Crippen LogP contribution in [0.3, 0.4) is 0 Å². The van der Waals surface area contributed by atoms with E-state index in [2.05, 4.69) is 0 Å². The van der Waals surface area contributed by atoms with Gasteiger partial charge < -0.3 is 0 Å². The summed E-state index contributed by atoms with van der Waals surface area (Å²) < 4.78 is 0. The SMILES string of the molecule is Cc1cc(CC#N)c(C=O)cc1C#N. The first kappa shape index (κ1) is 9.95. The molecule has 1 aromatic carbocycles. The van der Waals surface area contributed by atoms with Gasteiger partial charge in [-0.1, -0.05) is 6.07 Å². The zero-order chi connectivity index (χ0) is 10.6. The van der Waals surface area contributed by atoms with Crippen LogP contribution >= 0.6 is 0 Å². The van der Waals surface area contributed by atoms with Crippen LogP contribution < -0.4 is 0 Å². The van der Waals surface area contributed by atoms with Crippen molar-refractivity contribution in [2.75, 3.05) is 0 Å². The summed E-state index contributed by atoms with van der Waals surface area (Å²) in [5, 5.41) is 17.3. The third kappa shape index (κ3) is 1.78. The molecule has 0 N–H and O–H groups in total. The first-order chi connectivity index (χ1) is 6.72. The Balaban J connectivity index is 3.34. The highest BCUT2D eigenvalue weighted by atomic mass is 16.1. The van der Waals surface area contributed by atoms with Crippen molar-refractivity contribution in [2.24, 2.45) is 0 Å². The van der Waals surface area contributed by atoms with Gasteiger partial charge >= 0.3 is 0 Å². The van der Waals surface area contributed by atoms with E-state index in [0.717, 1.165) is 5.56 Å². The van der Waals surface area contributed by atoms with Gasteiger partial charge in [0.2, 0.25) is 0 Å². The molecule has 0 aromatic heterocycles. The standard InChI is InChI=1S/C11H8N2O/c1-8-4-9(2-3-12)11(7-14)5-10(8)6-13/h4-5,7H,2H2,1H3. The van der Waals surface area contributed by atoms with Gasteiger partial charge in [-0.15, -0.1) is 0 Å². The van der Waals surface area contributed by atoms with Gasteiger partial charge in [-0.2, -0.15) is 10.5 Å². The second kappa shape index (κ2) is 4.20. The summed E-state index contributed by atoms with van der Waals surface area (Å²) in [4.78, 5) is 10.7. The van der Waals surface area contributed by atoms with Crippen LogP contribution in [0.15, 0.2) is 12.1 Å². The molecule has 14 heavy (non-hydrogen) atoms. The molecule has 1 rings (SSSR count). The van der Waals surface area contributed by atoms with Gasteiger partial charge in [-0.05, 0) is 24.1 Å². The first-order valence-electron chi connectivity index (χ1n) is 4.08. The van der Waals surface area contributed by atoms with Crippen molar-refractivity contribution in [1.29, 1.82) is 10.5 Å². The number of nitrogens with zero attached hydrogens (tertiary/aromatic N) is 2. The Bertz CT molecular complexity index is 450. The zero-order valence-electron chi connectivity index (χ0n) is 7.74. The second-order valence-corrected chi connectivity index (χ2v) is 2.93. The van der Waals surface area contributed by atoms with E-state index < -0.39 is 0 Å². The van der Waals surface area contributed by atoms with Crippen LogP contribution in [0.4, 0.5) is 0 Å². The number of carbonyl (C=O) groups excluding carboxylic acids is 1. The molecule has 3 nitrogen and oxygen atoms in total. The van der Waals surface area contributed by atoms with E-state index in [1.165, 1.54) is 6.07 Å². The van der Waals surface area contributed by atoms with Crippen LogP contribution in [0, 0.1) is 29.6 Å². The van der Waals surface area contributed by atoms with Gasteiger partial charge in [0.15, 0.2) is 0 Å². The van der Waals surface area contributed by atoms with Gasteiger partial charge in [0.1, 0.15) is 6.29 Å². The Hall–Kier alpha value is -2.13. The summed E-state index contributed by atoms with van der Waals surface area (Å²) in [7, 11) is 0. The molecule has 0 aliphatic rings. The maximum absolute atomic E-state index is 10.7. The molecule has 1 aromatic rings. The molecular weight excluding hydrogens is 176 g/mol. The van der Waals surface area contributed by atoms with Gasteiger partial charge in [-0.3, -0.25) is 4.79 Å². The highest BCUT2D eigenvalue weighted by Crippen LogP contribution is 2.15. The normalized spacial score (nSPS) is 8.79. The molecule has 0 bridgehead atoms. The van der Waals surface area contributed by atoms with Crippen molar-refractivity contribution in [3.8, 4) is 12.1 Å². The number of hydrogen-bond donors (Lipinski definition) is 0. The fraction of sp³-hybridized carbons (Fsp3) is 0.182. The molecular formula is C11H8N2O. The lowest BCUT2D eigenvalue weighted by molar-refractivity contribution is 0.112. The van der Waals surface area contributed by atoms with Crippen molar-refractivity contribution < 1.29 is 4.79 Å². The van der Waals surface area contributed by atoms with Crippen molar-refractivity contribution >= 4 is 6.29 Å². The number of hydrogen-bond acceptors (Lipinski definition) is 3. The van der Waals surface area contributed by atoms with Crippen LogP contribution in [0.5, 0.6) is 0 Å². The summed E-state index contributed by atoms with van der Waals surface area (Å²) in [6, 6.07) is 7.22. The average Bonchev–Trinajstić information content (AvgIpc) is 2.19. The number of carbonyl (C=O) groups is 1. The van der Waals surface area contributed by atoms with E-state index >= 15 is 0 Å². The Morgan fingerprint density at radius 1 is 1.43 bits per heavy atom. The molecule has 0 saturated heterocycles. The van der Waals surface area contributed by atoms with E-state index in [4.69, 9.17) is 10.5 Å². The second-order valence-electron chi connectivity index (χ2n) is 2.93. The Morgan fingerprint density at radius 3 is 2.64 bits per heavy atom. The van der Waals surface area contributed by atoms with E-state index in [1.54, 1.807) is 13.0 Å². The molecule has 0 amide bonds. The number of aldehydes is 1. The van der Waals surface area contributed by atoms with E-state index in [1.807, 2.05) is 12.1 Å². The van der Waals surface area contributed by atoms with Crippen molar-refractivity contribution in [2.45, 2.75) is 13.3 Å². The Labute approximate surface area is 82.2 Å². The summed E-state index contributed by atoms with van der Waals surface area (Å²) in [6.45, 7) is 1.79. The summed E-state index contributed by atoms with van der Waals surface area (Å²) in [5.41, 5.74) is 2.38. The quantitative estimate of drug-likeness (QED) is 0.657. The smallest absolute Gasteiger partial charge is 0.150 e. The van der Waals surface area contributed by atoms with Crippen LogP contribution in [0.25, 0.3) is 0 Å². The van der Waals surface area contributed by atoms with Gasteiger partial charge in [0.05, 0.1) is 24.1 Å². The van der Waals surface area contributed by atoms with Crippen molar-refractivity contribution in [3.05, 3.63) is 34.4 Å². The molecule has 0 aliphatic carbocycles. The summed E-state index contributed by atoms with van der Waals surface area (Å²) >= 11 is 0. The molecule has 0 heterocycles. The van der Waals surface area contributed by atoms with Crippen LogP contribution in [-0.2, 0) is 6.42 Å². The van der Waals surface area contributed by atoms with Crippen molar-refractivity contribution in [1.82, 2.24) is 0 Å². The number of benzene rings is 1. The molecule has 0 atom stereocenters. The molecule has 0 aliphatic heterocycles.